The highest BCUT2D eigenvalue weighted by atomic mass is 16.6. The van der Waals surface area contributed by atoms with Gasteiger partial charge < -0.3 is 20.5 Å². The lowest BCUT2D eigenvalue weighted by atomic mass is 9.87. The minimum atomic E-state index is -0.193. The molecule has 96 valence electrons. The van der Waals surface area contributed by atoms with Crippen LogP contribution in [0, 0.1) is 0 Å². The van der Waals surface area contributed by atoms with Crippen molar-refractivity contribution < 1.29 is 9.47 Å². The Hall–Kier alpha value is -1.91. The van der Waals surface area contributed by atoms with Gasteiger partial charge in [0.1, 0.15) is 13.2 Å². The quantitative estimate of drug-likeness (QED) is 0.776. The fraction of sp³-hybridized carbons (Fsp3) is 0.462. The Morgan fingerprint density at radius 1 is 1.28 bits per heavy atom. The molecule has 5 heteroatoms. The summed E-state index contributed by atoms with van der Waals surface area (Å²) in [5, 5.41) is 3.25. The summed E-state index contributed by atoms with van der Waals surface area (Å²) in [5.74, 6) is 2.12. The SMILES string of the molecule is C[C@@]1(c2ccc3c(c2)OCCO3)CCN=C(N)N1. The lowest BCUT2D eigenvalue weighted by molar-refractivity contribution is 0.171. The van der Waals surface area contributed by atoms with Crippen LogP contribution >= 0.6 is 0 Å². The number of benzene rings is 1. The molecule has 2 aliphatic rings. The maximum Gasteiger partial charge on any atom is 0.189 e. The van der Waals surface area contributed by atoms with Gasteiger partial charge in [0.05, 0.1) is 5.54 Å². The molecule has 18 heavy (non-hydrogen) atoms. The highest BCUT2D eigenvalue weighted by Crippen LogP contribution is 2.36. The first-order valence-corrected chi connectivity index (χ1v) is 6.16. The first-order valence-electron chi connectivity index (χ1n) is 6.16. The zero-order valence-electron chi connectivity index (χ0n) is 10.4. The molecule has 3 N–H and O–H groups in total. The van der Waals surface area contributed by atoms with E-state index in [1.807, 2.05) is 12.1 Å². The van der Waals surface area contributed by atoms with Gasteiger partial charge in [-0.15, -0.1) is 0 Å². The average molecular weight is 247 g/mol. The highest BCUT2D eigenvalue weighted by Gasteiger charge is 2.30. The van der Waals surface area contributed by atoms with Crippen LogP contribution in [-0.4, -0.2) is 25.7 Å². The predicted molar refractivity (Wildman–Crippen MR) is 69.0 cm³/mol. The summed E-state index contributed by atoms with van der Waals surface area (Å²) in [6.07, 6.45) is 0.910. The Kier molecular flexibility index (Phi) is 2.54. The Morgan fingerprint density at radius 2 is 2.06 bits per heavy atom. The number of nitrogens with one attached hydrogen (secondary N) is 1. The fourth-order valence-electron chi connectivity index (χ4n) is 2.39. The third-order valence-electron chi connectivity index (χ3n) is 3.48. The highest BCUT2D eigenvalue weighted by molar-refractivity contribution is 5.79. The third-order valence-corrected chi connectivity index (χ3v) is 3.48. The van der Waals surface area contributed by atoms with Crippen LogP contribution in [0.3, 0.4) is 0 Å². The molecule has 0 saturated heterocycles. The van der Waals surface area contributed by atoms with Gasteiger partial charge in [-0.25, -0.2) is 0 Å². The van der Waals surface area contributed by atoms with Crippen LogP contribution in [0.4, 0.5) is 0 Å². The molecule has 0 amide bonds. The van der Waals surface area contributed by atoms with E-state index in [-0.39, 0.29) is 5.54 Å². The van der Waals surface area contributed by atoms with E-state index in [0.717, 1.165) is 30.0 Å². The van der Waals surface area contributed by atoms with E-state index in [9.17, 15) is 0 Å². The van der Waals surface area contributed by atoms with Gasteiger partial charge in [0.25, 0.3) is 0 Å². The zero-order valence-corrected chi connectivity index (χ0v) is 10.4. The normalized spacial score (nSPS) is 26.2. The Bertz CT molecular complexity index is 501. The molecule has 3 rings (SSSR count). The van der Waals surface area contributed by atoms with Crippen LogP contribution in [0.15, 0.2) is 23.2 Å². The largest absolute Gasteiger partial charge is 0.486 e. The summed E-state index contributed by atoms with van der Waals surface area (Å²) in [4.78, 5) is 4.17. The molecule has 1 aromatic carbocycles. The number of ether oxygens (including phenoxy) is 2. The van der Waals surface area contributed by atoms with E-state index in [1.165, 1.54) is 0 Å². The molecule has 0 aromatic heterocycles. The second kappa shape index (κ2) is 4.08. The molecule has 0 saturated carbocycles. The lowest BCUT2D eigenvalue weighted by Crippen LogP contribution is -2.50. The van der Waals surface area contributed by atoms with Crippen LogP contribution in [0.5, 0.6) is 11.5 Å². The van der Waals surface area contributed by atoms with Gasteiger partial charge in [0.2, 0.25) is 0 Å². The molecule has 0 aliphatic carbocycles. The van der Waals surface area contributed by atoms with Gasteiger partial charge in [-0.2, -0.15) is 0 Å². The summed E-state index contributed by atoms with van der Waals surface area (Å²) in [7, 11) is 0. The van der Waals surface area contributed by atoms with E-state index in [4.69, 9.17) is 15.2 Å². The maximum atomic E-state index is 5.77. The molecular formula is C13H17N3O2. The van der Waals surface area contributed by atoms with E-state index in [2.05, 4.69) is 23.3 Å². The summed E-state index contributed by atoms with van der Waals surface area (Å²) < 4.78 is 11.1. The molecule has 0 radical (unpaired) electrons. The summed E-state index contributed by atoms with van der Waals surface area (Å²) >= 11 is 0. The minimum Gasteiger partial charge on any atom is -0.486 e. The van der Waals surface area contributed by atoms with Crippen molar-refractivity contribution >= 4 is 5.96 Å². The molecule has 5 nitrogen and oxygen atoms in total. The smallest absolute Gasteiger partial charge is 0.189 e. The van der Waals surface area contributed by atoms with Crippen molar-refractivity contribution in [1.29, 1.82) is 0 Å². The Morgan fingerprint density at radius 3 is 2.83 bits per heavy atom. The van der Waals surface area contributed by atoms with Gasteiger partial charge in [0.15, 0.2) is 17.5 Å². The van der Waals surface area contributed by atoms with Crippen molar-refractivity contribution in [2.24, 2.45) is 10.7 Å². The lowest BCUT2D eigenvalue weighted by Gasteiger charge is -2.35. The van der Waals surface area contributed by atoms with Crippen LogP contribution in [0.1, 0.15) is 18.9 Å². The van der Waals surface area contributed by atoms with Crippen LogP contribution in [0.2, 0.25) is 0 Å². The first-order chi connectivity index (χ1) is 8.67. The van der Waals surface area contributed by atoms with E-state index in [1.54, 1.807) is 0 Å². The van der Waals surface area contributed by atoms with E-state index in [0.29, 0.717) is 19.2 Å². The number of rotatable bonds is 1. The summed E-state index contributed by atoms with van der Waals surface area (Å²) in [6.45, 7) is 4.08. The molecule has 0 bridgehead atoms. The minimum absolute atomic E-state index is 0.193. The van der Waals surface area contributed by atoms with E-state index >= 15 is 0 Å². The number of fused-ring (bicyclic) bond motifs is 1. The Labute approximate surface area is 106 Å². The van der Waals surface area contributed by atoms with Crippen LogP contribution in [0.25, 0.3) is 0 Å². The predicted octanol–water partition coefficient (Wildman–Crippen LogP) is 0.981. The second-order valence-electron chi connectivity index (χ2n) is 4.83. The number of guanidine groups is 1. The fourth-order valence-corrected chi connectivity index (χ4v) is 2.39. The molecule has 2 aliphatic heterocycles. The Balaban J connectivity index is 1.94. The topological polar surface area (TPSA) is 68.9 Å². The van der Waals surface area contributed by atoms with Gasteiger partial charge in [0, 0.05) is 6.54 Å². The van der Waals surface area contributed by atoms with Crippen LogP contribution < -0.4 is 20.5 Å². The molecule has 1 atom stereocenters. The van der Waals surface area contributed by atoms with Gasteiger partial charge in [-0.3, -0.25) is 4.99 Å². The molecule has 2 heterocycles. The zero-order chi connectivity index (χ0) is 12.6. The third kappa shape index (κ3) is 1.85. The van der Waals surface area contributed by atoms with Crippen molar-refractivity contribution in [1.82, 2.24) is 5.32 Å². The second-order valence-corrected chi connectivity index (χ2v) is 4.83. The van der Waals surface area contributed by atoms with Crippen molar-refractivity contribution in [3.05, 3.63) is 23.8 Å². The summed E-state index contributed by atoms with van der Waals surface area (Å²) in [5.41, 5.74) is 6.72. The number of aliphatic imine (C=N–C) groups is 1. The van der Waals surface area contributed by atoms with Gasteiger partial charge >= 0.3 is 0 Å². The molecule has 1 aromatic rings. The molecule has 0 unspecified atom stereocenters. The number of nitrogens with zero attached hydrogens (tertiary/aromatic N) is 1. The number of nitrogens with two attached hydrogens (primary N) is 1. The molecule has 0 fully saturated rings. The maximum absolute atomic E-state index is 5.77. The van der Waals surface area contributed by atoms with Crippen molar-refractivity contribution in [3.63, 3.8) is 0 Å². The van der Waals surface area contributed by atoms with Gasteiger partial charge in [-0.05, 0) is 31.0 Å². The van der Waals surface area contributed by atoms with Crippen molar-refractivity contribution in [3.8, 4) is 11.5 Å². The van der Waals surface area contributed by atoms with E-state index < -0.39 is 0 Å². The summed E-state index contributed by atoms with van der Waals surface area (Å²) in [6, 6.07) is 6.04. The molecular weight excluding hydrogens is 230 g/mol. The number of hydrogen-bond donors (Lipinski definition) is 2. The number of hydrogen-bond acceptors (Lipinski definition) is 5. The van der Waals surface area contributed by atoms with Crippen LogP contribution in [-0.2, 0) is 5.54 Å². The van der Waals surface area contributed by atoms with Gasteiger partial charge in [-0.1, -0.05) is 6.07 Å². The molecule has 0 spiro atoms. The average Bonchev–Trinajstić information content (AvgIpc) is 2.38. The standard InChI is InChI=1S/C13H17N3O2/c1-13(4-5-15-12(14)16-13)9-2-3-10-11(8-9)18-7-6-17-10/h2-3,8H,4-7H2,1H3,(H3,14,15,16)/t13-/m0/s1. The first kappa shape index (κ1) is 11.2. The monoisotopic (exact) mass is 247 g/mol. The van der Waals surface area contributed by atoms with Crippen molar-refractivity contribution in [2.45, 2.75) is 18.9 Å². The van der Waals surface area contributed by atoms with Crippen molar-refractivity contribution in [2.75, 3.05) is 19.8 Å².